The summed E-state index contributed by atoms with van der Waals surface area (Å²) in [7, 11) is -1.68. The maximum absolute atomic E-state index is 11.0. The normalized spacial score (nSPS) is 15.3. The van der Waals surface area contributed by atoms with E-state index in [0.717, 1.165) is 19.3 Å². The van der Waals surface area contributed by atoms with Crippen LogP contribution in [-0.2, 0) is 9.22 Å². The number of hydrogen-bond acceptors (Lipinski definition) is 2. The van der Waals surface area contributed by atoms with Crippen molar-refractivity contribution in [1.82, 2.24) is 0 Å². The lowest BCUT2D eigenvalue weighted by Gasteiger charge is -2.39. The van der Waals surface area contributed by atoms with Gasteiger partial charge in [-0.2, -0.15) is 0 Å². The van der Waals surface area contributed by atoms with Gasteiger partial charge in [0.2, 0.25) is 0 Å². The number of allylic oxidation sites excluding steroid dienone is 1. The minimum Gasteiger partial charge on any atom is -0.414 e. The number of ketones is 1. The van der Waals surface area contributed by atoms with Crippen LogP contribution in [0.3, 0.4) is 0 Å². The molecule has 0 aromatic heterocycles. The fraction of sp³-hybridized carbons (Fsp3) is 0.824. The van der Waals surface area contributed by atoms with Crippen molar-refractivity contribution in [3.8, 4) is 0 Å². The summed E-state index contributed by atoms with van der Waals surface area (Å²) >= 11 is 0. The predicted octanol–water partition coefficient (Wildman–Crippen LogP) is 5.49. The smallest absolute Gasteiger partial charge is 0.192 e. The first-order valence-corrected chi connectivity index (χ1v) is 10.7. The molecule has 0 aliphatic carbocycles. The molecule has 0 saturated carbocycles. The van der Waals surface area contributed by atoms with Crippen LogP contribution in [0.25, 0.3) is 0 Å². The van der Waals surface area contributed by atoms with E-state index in [1.165, 1.54) is 5.57 Å². The SMILES string of the molecule is CCC(C/C=C(\C)CCC(C)=O)O[Si](C)(C)C(C)(C)C. The third-order valence-corrected chi connectivity index (χ3v) is 8.86. The van der Waals surface area contributed by atoms with Gasteiger partial charge in [0.05, 0.1) is 0 Å². The quantitative estimate of drug-likeness (QED) is 0.437. The number of carbonyl (C=O) groups excluding carboxylic acids is 1. The van der Waals surface area contributed by atoms with Gasteiger partial charge in [0.15, 0.2) is 8.32 Å². The van der Waals surface area contributed by atoms with E-state index in [0.29, 0.717) is 12.5 Å². The van der Waals surface area contributed by atoms with Crippen molar-refractivity contribution in [3.05, 3.63) is 11.6 Å². The third kappa shape index (κ3) is 7.39. The zero-order chi connectivity index (χ0) is 16.0. The minimum absolute atomic E-state index is 0.258. The Hall–Kier alpha value is -0.413. The Morgan fingerprint density at radius 1 is 1.20 bits per heavy atom. The fourth-order valence-corrected chi connectivity index (χ4v) is 3.15. The van der Waals surface area contributed by atoms with E-state index in [1.807, 2.05) is 0 Å². The van der Waals surface area contributed by atoms with E-state index in [9.17, 15) is 4.79 Å². The largest absolute Gasteiger partial charge is 0.414 e. The summed E-state index contributed by atoms with van der Waals surface area (Å²) in [6.45, 7) is 17.4. The number of rotatable bonds is 8. The summed E-state index contributed by atoms with van der Waals surface area (Å²) in [6.07, 6.45) is 6.11. The van der Waals surface area contributed by atoms with Gasteiger partial charge in [-0.1, -0.05) is 39.3 Å². The summed E-state index contributed by atoms with van der Waals surface area (Å²) in [4.78, 5) is 11.0. The van der Waals surface area contributed by atoms with Gasteiger partial charge < -0.3 is 9.22 Å². The van der Waals surface area contributed by atoms with Crippen molar-refractivity contribution in [2.24, 2.45) is 0 Å². The molecule has 0 rings (SSSR count). The number of hydrogen-bond donors (Lipinski definition) is 0. The van der Waals surface area contributed by atoms with E-state index >= 15 is 0 Å². The van der Waals surface area contributed by atoms with Crippen LogP contribution in [-0.4, -0.2) is 20.2 Å². The van der Waals surface area contributed by atoms with Crippen LogP contribution in [0, 0.1) is 0 Å². The van der Waals surface area contributed by atoms with E-state index in [-0.39, 0.29) is 10.8 Å². The molecule has 3 heteroatoms. The van der Waals surface area contributed by atoms with Gasteiger partial charge in [-0.15, -0.1) is 0 Å². The van der Waals surface area contributed by atoms with Gasteiger partial charge in [0, 0.05) is 12.5 Å². The Bertz CT molecular complexity index is 337. The molecule has 0 fully saturated rings. The minimum atomic E-state index is -1.68. The molecule has 118 valence electrons. The predicted molar refractivity (Wildman–Crippen MR) is 90.7 cm³/mol. The summed E-state index contributed by atoms with van der Waals surface area (Å²) < 4.78 is 6.45. The van der Waals surface area contributed by atoms with Crippen LogP contribution in [0.2, 0.25) is 18.1 Å². The summed E-state index contributed by atoms with van der Waals surface area (Å²) in [6, 6.07) is 0. The van der Waals surface area contributed by atoms with Crippen LogP contribution >= 0.6 is 0 Å². The van der Waals surface area contributed by atoms with E-state index in [1.54, 1.807) is 6.92 Å². The maximum Gasteiger partial charge on any atom is 0.192 e. The standard InChI is InChI=1S/C17H34O2Si/c1-9-16(19-20(7,8)17(4,5)6)13-11-14(2)10-12-15(3)18/h11,16H,9-10,12-13H2,1-8H3/b14-11+. The molecule has 0 aliphatic rings. The first kappa shape index (κ1) is 19.6. The maximum atomic E-state index is 11.0. The molecule has 0 heterocycles. The molecule has 0 bridgehead atoms. The Balaban J connectivity index is 4.49. The van der Waals surface area contributed by atoms with Crippen molar-refractivity contribution < 1.29 is 9.22 Å². The molecule has 2 nitrogen and oxygen atoms in total. The second-order valence-electron chi connectivity index (χ2n) is 7.40. The number of carbonyl (C=O) groups is 1. The molecule has 0 aliphatic heterocycles. The molecule has 0 aromatic carbocycles. The lowest BCUT2D eigenvalue weighted by molar-refractivity contribution is -0.116. The Morgan fingerprint density at radius 2 is 1.75 bits per heavy atom. The van der Waals surface area contributed by atoms with Crippen LogP contribution in [0.5, 0.6) is 0 Å². The van der Waals surface area contributed by atoms with Crippen molar-refractivity contribution in [1.29, 1.82) is 0 Å². The zero-order valence-electron chi connectivity index (χ0n) is 14.8. The second-order valence-corrected chi connectivity index (χ2v) is 12.2. The monoisotopic (exact) mass is 298 g/mol. The van der Waals surface area contributed by atoms with Crippen molar-refractivity contribution in [2.45, 2.75) is 91.5 Å². The van der Waals surface area contributed by atoms with Crippen molar-refractivity contribution >= 4 is 14.1 Å². The first-order chi connectivity index (χ1) is 8.99. The van der Waals surface area contributed by atoms with Gasteiger partial charge >= 0.3 is 0 Å². The average Bonchev–Trinajstić information content (AvgIpc) is 2.30. The highest BCUT2D eigenvalue weighted by atomic mass is 28.4. The second kappa shape index (κ2) is 8.13. The van der Waals surface area contributed by atoms with Gasteiger partial charge in [0.25, 0.3) is 0 Å². The third-order valence-electron chi connectivity index (χ3n) is 4.32. The van der Waals surface area contributed by atoms with Crippen LogP contribution in [0.15, 0.2) is 11.6 Å². The highest BCUT2D eigenvalue weighted by Crippen LogP contribution is 2.38. The Kier molecular flexibility index (Phi) is 7.96. The molecule has 0 N–H and O–H groups in total. The molecule has 1 atom stereocenters. The zero-order valence-corrected chi connectivity index (χ0v) is 15.8. The highest BCUT2D eigenvalue weighted by molar-refractivity contribution is 6.74. The summed E-state index contributed by atoms with van der Waals surface area (Å²) in [5.41, 5.74) is 1.30. The molecule has 1 unspecified atom stereocenters. The van der Waals surface area contributed by atoms with Gasteiger partial charge in [-0.25, -0.2) is 0 Å². The van der Waals surface area contributed by atoms with E-state index in [2.05, 4.69) is 53.8 Å². The molecule has 0 spiro atoms. The average molecular weight is 299 g/mol. The molecular weight excluding hydrogens is 264 g/mol. The topological polar surface area (TPSA) is 26.3 Å². The van der Waals surface area contributed by atoms with Gasteiger partial charge in [-0.3, -0.25) is 0 Å². The first-order valence-electron chi connectivity index (χ1n) is 7.82. The van der Waals surface area contributed by atoms with Crippen molar-refractivity contribution in [3.63, 3.8) is 0 Å². The molecular formula is C17H34O2Si. The molecule has 0 aromatic rings. The molecule has 0 amide bonds. The lowest BCUT2D eigenvalue weighted by atomic mass is 10.1. The summed E-state index contributed by atoms with van der Waals surface area (Å²) in [5, 5.41) is 0.258. The van der Waals surface area contributed by atoms with E-state index in [4.69, 9.17) is 4.43 Å². The Morgan fingerprint density at radius 3 is 2.15 bits per heavy atom. The number of Topliss-reactive ketones (excluding diaryl/α,β-unsaturated/α-hetero) is 1. The lowest BCUT2D eigenvalue weighted by Crippen LogP contribution is -2.43. The molecule has 20 heavy (non-hydrogen) atoms. The van der Waals surface area contributed by atoms with Crippen LogP contribution in [0.1, 0.15) is 67.2 Å². The van der Waals surface area contributed by atoms with Gasteiger partial charge in [0.1, 0.15) is 5.78 Å². The van der Waals surface area contributed by atoms with Crippen LogP contribution < -0.4 is 0 Å². The van der Waals surface area contributed by atoms with Gasteiger partial charge in [-0.05, 0) is 51.2 Å². The van der Waals surface area contributed by atoms with E-state index < -0.39 is 8.32 Å². The summed E-state index contributed by atoms with van der Waals surface area (Å²) in [5.74, 6) is 0.266. The molecule has 0 radical (unpaired) electrons. The Labute approximate surface area is 127 Å². The van der Waals surface area contributed by atoms with Crippen LogP contribution in [0.4, 0.5) is 0 Å². The highest BCUT2D eigenvalue weighted by Gasteiger charge is 2.38. The van der Waals surface area contributed by atoms with Crippen molar-refractivity contribution in [2.75, 3.05) is 0 Å². The fourth-order valence-electron chi connectivity index (χ4n) is 1.70. The molecule has 0 saturated heterocycles.